The molecule has 0 radical (unpaired) electrons. The largest absolute Gasteiger partial charge is 0.376 e. The maximum atomic E-state index is 5.84. The Balaban J connectivity index is 1.79. The standard InChI is InChI=1S/C17H34N4O2/c1-13-10-21(11-14(2)23-13)17(3,4)12-20-16(18-5)19-9-15-7-6-8-22-15/h13-15H,6-12H2,1-5H3,(H2,18,19,20). The van der Waals surface area contributed by atoms with E-state index in [-0.39, 0.29) is 17.7 Å². The summed E-state index contributed by atoms with van der Waals surface area (Å²) in [5.41, 5.74) is 0.0494. The predicted molar refractivity (Wildman–Crippen MR) is 94.0 cm³/mol. The minimum Gasteiger partial charge on any atom is -0.376 e. The summed E-state index contributed by atoms with van der Waals surface area (Å²) in [7, 11) is 1.82. The highest BCUT2D eigenvalue weighted by Crippen LogP contribution is 2.20. The Morgan fingerprint density at radius 1 is 1.22 bits per heavy atom. The molecule has 2 saturated heterocycles. The second-order valence-electron chi connectivity index (χ2n) is 7.42. The van der Waals surface area contributed by atoms with Crippen LogP contribution in [0.15, 0.2) is 4.99 Å². The zero-order chi connectivity index (χ0) is 16.9. The monoisotopic (exact) mass is 326 g/mol. The van der Waals surface area contributed by atoms with Crippen molar-refractivity contribution in [3.63, 3.8) is 0 Å². The zero-order valence-corrected chi connectivity index (χ0v) is 15.4. The molecular weight excluding hydrogens is 292 g/mol. The second-order valence-corrected chi connectivity index (χ2v) is 7.42. The van der Waals surface area contributed by atoms with Crippen LogP contribution in [0.1, 0.15) is 40.5 Å². The van der Waals surface area contributed by atoms with E-state index < -0.39 is 0 Å². The van der Waals surface area contributed by atoms with Crippen LogP contribution in [-0.2, 0) is 9.47 Å². The lowest BCUT2D eigenvalue weighted by Gasteiger charge is -2.45. The van der Waals surface area contributed by atoms with Crippen molar-refractivity contribution in [2.24, 2.45) is 4.99 Å². The summed E-state index contributed by atoms with van der Waals surface area (Å²) in [5.74, 6) is 0.850. The smallest absolute Gasteiger partial charge is 0.191 e. The summed E-state index contributed by atoms with van der Waals surface area (Å²) >= 11 is 0. The van der Waals surface area contributed by atoms with Gasteiger partial charge < -0.3 is 20.1 Å². The fraction of sp³-hybridized carbons (Fsp3) is 0.941. The van der Waals surface area contributed by atoms with Crippen LogP contribution in [0.25, 0.3) is 0 Å². The minimum absolute atomic E-state index is 0.0494. The number of nitrogens with one attached hydrogen (secondary N) is 2. The first-order valence-electron chi connectivity index (χ1n) is 8.87. The number of morpholine rings is 1. The van der Waals surface area contributed by atoms with Crippen molar-refractivity contribution < 1.29 is 9.47 Å². The summed E-state index contributed by atoms with van der Waals surface area (Å²) in [4.78, 5) is 6.83. The summed E-state index contributed by atoms with van der Waals surface area (Å²) in [5, 5.41) is 6.84. The fourth-order valence-corrected chi connectivity index (χ4v) is 3.32. The second kappa shape index (κ2) is 8.31. The normalized spacial score (nSPS) is 30.5. The van der Waals surface area contributed by atoms with Crippen molar-refractivity contribution in [1.29, 1.82) is 0 Å². The first kappa shape index (κ1) is 18.5. The maximum Gasteiger partial charge on any atom is 0.191 e. The first-order chi connectivity index (χ1) is 10.9. The molecule has 6 nitrogen and oxygen atoms in total. The zero-order valence-electron chi connectivity index (χ0n) is 15.4. The maximum absolute atomic E-state index is 5.84. The number of ether oxygens (including phenoxy) is 2. The minimum atomic E-state index is 0.0494. The molecular formula is C17H34N4O2. The molecule has 2 aliphatic rings. The molecule has 3 atom stereocenters. The molecule has 0 aliphatic carbocycles. The van der Waals surface area contributed by atoms with E-state index in [0.29, 0.717) is 6.10 Å². The highest BCUT2D eigenvalue weighted by atomic mass is 16.5. The van der Waals surface area contributed by atoms with Gasteiger partial charge in [-0.25, -0.2) is 0 Å². The summed E-state index contributed by atoms with van der Waals surface area (Å²) < 4.78 is 11.5. The fourth-order valence-electron chi connectivity index (χ4n) is 3.32. The van der Waals surface area contributed by atoms with E-state index in [2.05, 4.69) is 48.2 Å². The molecule has 2 heterocycles. The molecule has 2 rings (SSSR count). The quantitative estimate of drug-likeness (QED) is 0.588. The van der Waals surface area contributed by atoms with Crippen LogP contribution < -0.4 is 10.6 Å². The predicted octanol–water partition coefficient (Wildman–Crippen LogP) is 1.22. The van der Waals surface area contributed by atoms with Gasteiger partial charge in [0, 0.05) is 45.4 Å². The van der Waals surface area contributed by atoms with Crippen molar-refractivity contribution in [3.8, 4) is 0 Å². The molecule has 6 heteroatoms. The van der Waals surface area contributed by atoms with Crippen molar-refractivity contribution in [2.45, 2.75) is 64.4 Å². The third kappa shape index (κ3) is 5.62. The third-order valence-electron chi connectivity index (χ3n) is 4.71. The van der Waals surface area contributed by atoms with Gasteiger partial charge in [-0.15, -0.1) is 0 Å². The molecule has 0 saturated carbocycles. The Labute approximate surface area is 141 Å². The van der Waals surface area contributed by atoms with Crippen LogP contribution in [0.4, 0.5) is 0 Å². The SMILES string of the molecule is CN=C(NCC1CCCO1)NCC(C)(C)N1CC(C)OC(C)C1. The van der Waals surface area contributed by atoms with E-state index in [1.807, 2.05) is 7.05 Å². The van der Waals surface area contributed by atoms with E-state index >= 15 is 0 Å². The Morgan fingerprint density at radius 3 is 2.48 bits per heavy atom. The van der Waals surface area contributed by atoms with Crippen molar-refractivity contribution in [2.75, 3.05) is 39.8 Å². The molecule has 0 aromatic carbocycles. The Bertz CT molecular complexity index is 384. The molecule has 2 aliphatic heterocycles. The van der Waals surface area contributed by atoms with E-state index in [1.165, 1.54) is 6.42 Å². The van der Waals surface area contributed by atoms with Crippen molar-refractivity contribution in [1.82, 2.24) is 15.5 Å². The molecule has 3 unspecified atom stereocenters. The summed E-state index contributed by atoms with van der Waals surface area (Å²) in [6, 6.07) is 0. The van der Waals surface area contributed by atoms with Gasteiger partial charge in [0.15, 0.2) is 5.96 Å². The van der Waals surface area contributed by atoms with Crippen LogP contribution in [0, 0.1) is 0 Å². The Morgan fingerprint density at radius 2 is 1.91 bits per heavy atom. The van der Waals surface area contributed by atoms with Gasteiger partial charge >= 0.3 is 0 Å². The van der Waals surface area contributed by atoms with Gasteiger partial charge in [-0.05, 0) is 40.5 Å². The molecule has 23 heavy (non-hydrogen) atoms. The number of aliphatic imine (C=N–C) groups is 1. The number of nitrogens with zero attached hydrogens (tertiary/aromatic N) is 2. The molecule has 0 aromatic rings. The van der Waals surface area contributed by atoms with Crippen LogP contribution in [0.2, 0.25) is 0 Å². The molecule has 2 fully saturated rings. The van der Waals surface area contributed by atoms with Gasteiger partial charge in [0.1, 0.15) is 0 Å². The van der Waals surface area contributed by atoms with E-state index in [1.54, 1.807) is 0 Å². The number of hydrogen-bond acceptors (Lipinski definition) is 4. The number of rotatable bonds is 5. The van der Waals surface area contributed by atoms with E-state index in [9.17, 15) is 0 Å². The van der Waals surface area contributed by atoms with Crippen molar-refractivity contribution >= 4 is 5.96 Å². The number of guanidine groups is 1. The lowest BCUT2D eigenvalue weighted by Crippen LogP contribution is -2.59. The number of hydrogen-bond donors (Lipinski definition) is 2. The summed E-state index contributed by atoms with van der Waals surface area (Å²) in [6.07, 6.45) is 3.20. The topological polar surface area (TPSA) is 58.1 Å². The molecule has 0 spiro atoms. The lowest BCUT2D eigenvalue weighted by molar-refractivity contribution is -0.0946. The van der Waals surface area contributed by atoms with Crippen LogP contribution in [0.3, 0.4) is 0 Å². The van der Waals surface area contributed by atoms with Crippen molar-refractivity contribution in [3.05, 3.63) is 0 Å². The van der Waals surface area contributed by atoms with E-state index in [4.69, 9.17) is 9.47 Å². The Kier molecular flexibility index (Phi) is 6.68. The Hall–Kier alpha value is -0.850. The van der Waals surface area contributed by atoms with Crippen LogP contribution >= 0.6 is 0 Å². The molecule has 0 amide bonds. The highest BCUT2D eigenvalue weighted by molar-refractivity contribution is 5.79. The molecule has 2 N–H and O–H groups in total. The van der Waals surface area contributed by atoms with Gasteiger partial charge in [0.2, 0.25) is 0 Å². The molecule has 134 valence electrons. The van der Waals surface area contributed by atoms with Crippen LogP contribution in [0.5, 0.6) is 0 Å². The third-order valence-corrected chi connectivity index (χ3v) is 4.71. The van der Waals surface area contributed by atoms with Gasteiger partial charge in [0.25, 0.3) is 0 Å². The highest BCUT2D eigenvalue weighted by Gasteiger charge is 2.33. The van der Waals surface area contributed by atoms with Gasteiger partial charge in [-0.2, -0.15) is 0 Å². The summed E-state index contributed by atoms with van der Waals surface area (Å²) in [6.45, 7) is 13.4. The van der Waals surface area contributed by atoms with Crippen LogP contribution in [-0.4, -0.2) is 74.5 Å². The van der Waals surface area contributed by atoms with Gasteiger partial charge in [-0.3, -0.25) is 9.89 Å². The average molecular weight is 326 g/mol. The molecule has 0 bridgehead atoms. The average Bonchev–Trinajstić information content (AvgIpc) is 2.99. The lowest BCUT2D eigenvalue weighted by atomic mass is 10.00. The van der Waals surface area contributed by atoms with Gasteiger partial charge in [0.05, 0.1) is 18.3 Å². The molecule has 0 aromatic heterocycles. The first-order valence-corrected chi connectivity index (χ1v) is 8.87. The van der Waals surface area contributed by atoms with E-state index in [0.717, 1.165) is 45.2 Å². The van der Waals surface area contributed by atoms with Gasteiger partial charge in [-0.1, -0.05) is 0 Å².